The van der Waals surface area contributed by atoms with E-state index >= 15 is 0 Å². The molecule has 0 aromatic carbocycles. The van der Waals surface area contributed by atoms with Crippen molar-refractivity contribution in [1.82, 2.24) is 6.15 Å². The molecule has 0 heterocycles. The third-order valence-electron chi connectivity index (χ3n) is 1.22. The largest absolute Gasteiger partial charge is 0.469 e. The van der Waals surface area contributed by atoms with Crippen LogP contribution in [0.1, 0.15) is 20.3 Å². The van der Waals surface area contributed by atoms with E-state index in [9.17, 15) is 4.79 Å². The van der Waals surface area contributed by atoms with Crippen molar-refractivity contribution in [2.75, 3.05) is 7.11 Å². The van der Waals surface area contributed by atoms with Crippen LogP contribution in [0.2, 0.25) is 0 Å². The van der Waals surface area contributed by atoms with Crippen LogP contribution in [0.3, 0.4) is 0 Å². The van der Waals surface area contributed by atoms with Crippen LogP contribution in [0.4, 0.5) is 0 Å². The van der Waals surface area contributed by atoms with E-state index in [1.54, 1.807) is 0 Å². The molecule has 4 heteroatoms. The zero-order valence-electron chi connectivity index (χ0n) is 6.72. The molecule has 64 valence electrons. The minimum atomic E-state index is -0.118. The zero-order valence-corrected chi connectivity index (χ0v) is 7.53. The number of ether oxygens (including phenoxy) is 1. The Balaban J connectivity index is -0.000000245. The molecular weight excluding hydrogens is 154 g/mol. The normalized spacial score (nSPS) is 10.3. The molecule has 1 atom stereocenters. The molecule has 0 aromatic rings. The summed E-state index contributed by atoms with van der Waals surface area (Å²) in [7, 11) is 1.41. The highest BCUT2D eigenvalue weighted by Gasteiger charge is 2.08. The molecule has 0 saturated carbocycles. The summed E-state index contributed by atoms with van der Waals surface area (Å²) in [5.41, 5.74) is 0. The van der Waals surface area contributed by atoms with Gasteiger partial charge in [0.15, 0.2) is 0 Å². The van der Waals surface area contributed by atoms with Crippen LogP contribution in [-0.4, -0.2) is 13.1 Å². The lowest BCUT2D eigenvalue weighted by molar-refractivity contribution is -0.144. The molecule has 3 N–H and O–H groups in total. The Bertz CT molecular complexity index is 87.8. The second-order valence-corrected chi connectivity index (χ2v) is 1.83. The van der Waals surface area contributed by atoms with E-state index < -0.39 is 0 Å². The molecular formula is C6H16ClNO2. The van der Waals surface area contributed by atoms with E-state index in [-0.39, 0.29) is 30.4 Å². The van der Waals surface area contributed by atoms with Crippen molar-refractivity contribution in [3.05, 3.63) is 0 Å². The Hall–Kier alpha value is -0.280. The monoisotopic (exact) mass is 169 g/mol. The van der Waals surface area contributed by atoms with Crippen LogP contribution < -0.4 is 6.15 Å². The summed E-state index contributed by atoms with van der Waals surface area (Å²) in [6, 6.07) is 0. The molecule has 3 nitrogen and oxygen atoms in total. The summed E-state index contributed by atoms with van der Waals surface area (Å²) in [5.74, 6) is -0.0625. The lowest BCUT2D eigenvalue weighted by atomic mass is 10.1. The number of esters is 1. The van der Waals surface area contributed by atoms with Crippen LogP contribution in [0.5, 0.6) is 0 Å². The Morgan fingerprint density at radius 2 is 2.00 bits per heavy atom. The number of carbonyl (C=O) groups excluding carboxylic acids is 1. The topological polar surface area (TPSA) is 61.3 Å². The van der Waals surface area contributed by atoms with Gasteiger partial charge in [0, 0.05) is 0 Å². The number of rotatable bonds is 2. The van der Waals surface area contributed by atoms with Crippen molar-refractivity contribution in [1.29, 1.82) is 0 Å². The van der Waals surface area contributed by atoms with Crippen LogP contribution in [-0.2, 0) is 9.53 Å². The third kappa shape index (κ3) is 5.85. The van der Waals surface area contributed by atoms with Gasteiger partial charge >= 0.3 is 5.97 Å². The summed E-state index contributed by atoms with van der Waals surface area (Å²) >= 11 is 0. The van der Waals surface area contributed by atoms with Gasteiger partial charge in [-0.25, -0.2) is 0 Å². The van der Waals surface area contributed by atoms with E-state index in [0.717, 1.165) is 6.42 Å². The fourth-order valence-corrected chi connectivity index (χ4v) is 0.368. The number of hydrogen-bond acceptors (Lipinski definition) is 3. The predicted molar refractivity (Wildman–Crippen MR) is 43.7 cm³/mol. The van der Waals surface area contributed by atoms with Crippen LogP contribution >= 0.6 is 12.4 Å². The summed E-state index contributed by atoms with van der Waals surface area (Å²) in [5, 5.41) is 0. The molecule has 0 fully saturated rings. The predicted octanol–water partition coefficient (Wildman–Crippen LogP) is 1.79. The summed E-state index contributed by atoms with van der Waals surface area (Å²) < 4.78 is 4.46. The van der Waals surface area contributed by atoms with Gasteiger partial charge in [-0.05, 0) is 6.42 Å². The molecule has 0 aliphatic rings. The molecule has 0 saturated heterocycles. The maximum absolute atomic E-state index is 10.5. The van der Waals surface area contributed by atoms with Crippen molar-refractivity contribution in [3.63, 3.8) is 0 Å². The summed E-state index contributed by atoms with van der Waals surface area (Å²) in [6.45, 7) is 3.81. The Morgan fingerprint density at radius 3 is 2.10 bits per heavy atom. The van der Waals surface area contributed by atoms with Gasteiger partial charge in [0.25, 0.3) is 0 Å². The molecule has 0 bridgehead atoms. The highest BCUT2D eigenvalue weighted by atomic mass is 35.5. The highest BCUT2D eigenvalue weighted by molar-refractivity contribution is 5.85. The van der Waals surface area contributed by atoms with Crippen molar-refractivity contribution in [2.45, 2.75) is 20.3 Å². The second-order valence-electron chi connectivity index (χ2n) is 1.83. The SMILES string of the molecule is CCC(C)C(=O)OC.Cl.N. The van der Waals surface area contributed by atoms with Gasteiger partial charge in [-0.2, -0.15) is 0 Å². The van der Waals surface area contributed by atoms with Crippen molar-refractivity contribution < 1.29 is 9.53 Å². The Morgan fingerprint density at radius 1 is 1.60 bits per heavy atom. The summed E-state index contributed by atoms with van der Waals surface area (Å²) in [4.78, 5) is 10.5. The first-order valence-corrected chi connectivity index (χ1v) is 2.80. The molecule has 0 aliphatic heterocycles. The minimum absolute atomic E-state index is 0. The Labute approximate surface area is 68.1 Å². The van der Waals surface area contributed by atoms with Gasteiger partial charge in [-0.3, -0.25) is 4.79 Å². The molecule has 0 aromatic heterocycles. The molecule has 0 rings (SSSR count). The van der Waals surface area contributed by atoms with Crippen molar-refractivity contribution in [3.8, 4) is 0 Å². The van der Waals surface area contributed by atoms with Gasteiger partial charge in [0.05, 0.1) is 13.0 Å². The van der Waals surface area contributed by atoms with Gasteiger partial charge in [-0.15, -0.1) is 12.4 Å². The first kappa shape index (κ1) is 16.4. The maximum Gasteiger partial charge on any atom is 0.308 e. The van der Waals surface area contributed by atoms with E-state index in [4.69, 9.17) is 0 Å². The fourth-order valence-electron chi connectivity index (χ4n) is 0.368. The quantitative estimate of drug-likeness (QED) is 0.642. The summed E-state index contributed by atoms with van der Waals surface area (Å²) in [6.07, 6.45) is 0.854. The number of halogens is 1. The van der Waals surface area contributed by atoms with Crippen molar-refractivity contribution in [2.24, 2.45) is 5.92 Å². The average molecular weight is 170 g/mol. The number of carbonyl (C=O) groups is 1. The van der Waals surface area contributed by atoms with Gasteiger partial charge < -0.3 is 10.9 Å². The molecule has 10 heavy (non-hydrogen) atoms. The molecule has 0 aliphatic carbocycles. The van der Waals surface area contributed by atoms with Gasteiger partial charge in [0.2, 0.25) is 0 Å². The van der Waals surface area contributed by atoms with Crippen LogP contribution in [0.15, 0.2) is 0 Å². The molecule has 0 amide bonds. The first-order chi connectivity index (χ1) is 3.72. The standard InChI is InChI=1S/C6H12O2.ClH.H3N/c1-4-5(2)6(7)8-3;;/h5H,4H2,1-3H3;1H;1H3. The van der Waals surface area contributed by atoms with Crippen molar-refractivity contribution >= 4 is 18.4 Å². The van der Waals surface area contributed by atoms with Crippen LogP contribution in [0.25, 0.3) is 0 Å². The van der Waals surface area contributed by atoms with E-state index in [1.807, 2.05) is 13.8 Å². The van der Waals surface area contributed by atoms with E-state index in [1.165, 1.54) is 7.11 Å². The van der Waals surface area contributed by atoms with E-state index in [0.29, 0.717) is 0 Å². The van der Waals surface area contributed by atoms with E-state index in [2.05, 4.69) is 4.74 Å². The van der Waals surface area contributed by atoms with Crippen LogP contribution in [0, 0.1) is 5.92 Å². The third-order valence-corrected chi connectivity index (χ3v) is 1.22. The zero-order chi connectivity index (χ0) is 6.57. The van der Waals surface area contributed by atoms with Gasteiger partial charge in [0.1, 0.15) is 0 Å². The lowest BCUT2D eigenvalue weighted by Gasteiger charge is -2.02. The second kappa shape index (κ2) is 8.72. The average Bonchev–Trinajstić information content (AvgIpc) is 1.84. The molecule has 0 spiro atoms. The Kier molecular flexibility index (Phi) is 14.3. The minimum Gasteiger partial charge on any atom is -0.469 e. The molecule has 1 unspecified atom stereocenters. The van der Waals surface area contributed by atoms with Gasteiger partial charge in [-0.1, -0.05) is 13.8 Å². The first-order valence-electron chi connectivity index (χ1n) is 2.80. The molecule has 0 radical (unpaired) electrons. The number of hydrogen-bond donors (Lipinski definition) is 1. The highest BCUT2D eigenvalue weighted by Crippen LogP contribution is 2.00. The lowest BCUT2D eigenvalue weighted by Crippen LogP contribution is -2.10. The smallest absolute Gasteiger partial charge is 0.308 e. The number of methoxy groups -OCH3 is 1. The fraction of sp³-hybridized carbons (Fsp3) is 0.833. The maximum atomic E-state index is 10.5.